The lowest BCUT2D eigenvalue weighted by atomic mass is 10.4. The number of hydrogen-bond donors (Lipinski definition) is 1. The second kappa shape index (κ2) is 3.40. The van der Waals surface area contributed by atoms with Crippen LogP contribution in [0.2, 0.25) is 0 Å². The van der Waals surface area contributed by atoms with E-state index in [0.29, 0.717) is 5.25 Å². The Morgan fingerprint density at radius 1 is 1.67 bits per heavy atom. The first-order valence-corrected chi connectivity index (χ1v) is 4.84. The Bertz CT molecular complexity index is 254. The highest BCUT2D eigenvalue weighted by Gasteiger charge is 2.17. The molecule has 66 valence electrons. The van der Waals surface area contributed by atoms with E-state index in [1.165, 1.54) is 6.42 Å². The number of aromatic nitrogens is 4. The van der Waals surface area contributed by atoms with Gasteiger partial charge in [-0.2, -0.15) is 0 Å². The highest BCUT2D eigenvalue weighted by atomic mass is 32.2. The van der Waals surface area contributed by atoms with E-state index in [0.717, 1.165) is 18.2 Å². The lowest BCUT2D eigenvalue weighted by Gasteiger charge is -2.04. The van der Waals surface area contributed by atoms with Crippen LogP contribution in [0.4, 0.5) is 0 Å². The van der Waals surface area contributed by atoms with Crippen molar-refractivity contribution in [1.82, 2.24) is 25.5 Å². The second-order valence-corrected chi connectivity index (χ2v) is 4.09. The Hall–Kier alpha value is -0.620. The van der Waals surface area contributed by atoms with Gasteiger partial charge in [-0.1, -0.05) is 11.8 Å². The van der Waals surface area contributed by atoms with Gasteiger partial charge < -0.3 is 5.32 Å². The van der Waals surface area contributed by atoms with Gasteiger partial charge in [-0.05, 0) is 23.4 Å². The predicted molar refractivity (Wildman–Crippen MR) is 45.9 cm³/mol. The lowest BCUT2D eigenvalue weighted by Crippen LogP contribution is -2.10. The summed E-state index contributed by atoms with van der Waals surface area (Å²) in [6.07, 6.45) is 1.21. The summed E-state index contributed by atoms with van der Waals surface area (Å²) in [5, 5.41) is 16.1. The van der Waals surface area contributed by atoms with Crippen LogP contribution in [0.1, 0.15) is 6.42 Å². The van der Waals surface area contributed by atoms with Crippen LogP contribution in [-0.2, 0) is 7.05 Å². The fourth-order valence-electron chi connectivity index (χ4n) is 1.20. The summed E-state index contributed by atoms with van der Waals surface area (Å²) in [4.78, 5) is 0. The van der Waals surface area contributed by atoms with E-state index in [-0.39, 0.29) is 0 Å². The van der Waals surface area contributed by atoms with Crippen molar-refractivity contribution in [2.75, 3.05) is 13.1 Å². The molecular weight excluding hydrogens is 174 g/mol. The Balaban J connectivity index is 1.98. The summed E-state index contributed by atoms with van der Waals surface area (Å²) in [5.74, 6) is 0. The smallest absolute Gasteiger partial charge is 0.209 e. The average Bonchev–Trinajstić information content (AvgIpc) is 2.65. The number of aryl methyl sites for hydroxylation is 1. The molecule has 1 N–H and O–H groups in total. The maximum Gasteiger partial charge on any atom is 0.209 e. The fourth-order valence-corrected chi connectivity index (χ4v) is 2.21. The third-order valence-corrected chi connectivity index (χ3v) is 3.16. The molecule has 1 atom stereocenters. The molecule has 0 radical (unpaired) electrons. The van der Waals surface area contributed by atoms with Crippen LogP contribution in [-0.4, -0.2) is 38.5 Å². The standard InChI is InChI=1S/C6H11N5S/c1-11-6(8-9-10-11)12-5-2-3-7-4-5/h5,7H,2-4H2,1H3/t5-/m0/s1. The van der Waals surface area contributed by atoms with Crippen LogP contribution >= 0.6 is 11.8 Å². The molecular formula is C6H11N5S. The van der Waals surface area contributed by atoms with Crippen LogP contribution < -0.4 is 5.32 Å². The van der Waals surface area contributed by atoms with Crippen molar-refractivity contribution in [1.29, 1.82) is 0 Å². The Morgan fingerprint density at radius 3 is 3.17 bits per heavy atom. The molecule has 1 aromatic heterocycles. The lowest BCUT2D eigenvalue weighted by molar-refractivity contribution is 0.663. The summed E-state index contributed by atoms with van der Waals surface area (Å²) in [5.41, 5.74) is 0. The molecule has 2 rings (SSSR count). The van der Waals surface area contributed by atoms with Gasteiger partial charge in [-0.15, -0.1) is 5.10 Å². The summed E-state index contributed by atoms with van der Waals surface area (Å²) >= 11 is 1.75. The Labute approximate surface area is 74.9 Å². The van der Waals surface area contributed by atoms with Crippen molar-refractivity contribution < 1.29 is 0 Å². The molecule has 0 aliphatic carbocycles. The van der Waals surface area contributed by atoms with Gasteiger partial charge >= 0.3 is 0 Å². The molecule has 2 heterocycles. The van der Waals surface area contributed by atoms with E-state index in [1.54, 1.807) is 16.4 Å². The van der Waals surface area contributed by atoms with E-state index in [2.05, 4.69) is 20.8 Å². The average molecular weight is 185 g/mol. The van der Waals surface area contributed by atoms with E-state index in [4.69, 9.17) is 0 Å². The molecule has 1 aliphatic rings. The van der Waals surface area contributed by atoms with Gasteiger partial charge in [-0.25, -0.2) is 4.68 Å². The van der Waals surface area contributed by atoms with Gasteiger partial charge in [0.25, 0.3) is 0 Å². The molecule has 0 saturated carbocycles. The molecule has 0 aromatic carbocycles. The van der Waals surface area contributed by atoms with Crippen molar-refractivity contribution >= 4 is 11.8 Å². The third-order valence-electron chi connectivity index (χ3n) is 1.87. The van der Waals surface area contributed by atoms with Crippen molar-refractivity contribution in [3.8, 4) is 0 Å². The van der Waals surface area contributed by atoms with E-state index in [9.17, 15) is 0 Å². The molecule has 1 aliphatic heterocycles. The fraction of sp³-hybridized carbons (Fsp3) is 0.833. The first-order valence-electron chi connectivity index (χ1n) is 3.96. The SMILES string of the molecule is Cn1nnnc1S[C@H]1CCNC1. The Morgan fingerprint density at radius 2 is 2.58 bits per heavy atom. The van der Waals surface area contributed by atoms with E-state index < -0.39 is 0 Å². The van der Waals surface area contributed by atoms with Crippen LogP contribution in [0, 0.1) is 0 Å². The number of nitrogens with zero attached hydrogens (tertiary/aromatic N) is 4. The molecule has 0 spiro atoms. The minimum atomic E-state index is 0.634. The van der Waals surface area contributed by atoms with Gasteiger partial charge in [0.2, 0.25) is 5.16 Å². The van der Waals surface area contributed by atoms with Crippen LogP contribution in [0.5, 0.6) is 0 Å². The largest absolute Gasteiger partial charge is 0.316 e. The van der Waals surface area contributed by atoms with Gasteiger partial charge in [0.1, 0.15) is 0 Å². The summed E-state index contributed by atoms with van der Waals surface area (Å²) in [7, 11) is 1.87. The van der Waals surface area contributed by atoms with Gasteiger partial charge in [0.05, 0.1) is 0 Å². The van der Waals surface area contributed by atoms with Crippen molar-refractivity contribution in [2.24, 2.45) is 7.05 Å². The van der Waals surface area contributed by atoms with Gasteiger partial charge in [0, 0.05) is 18.8 Å². The molecule has 1 aromatic rings. The summed E-state index contributed by atoms with van der Waals surface area (Å²) in [6, 6.07) is 0. The topological polar surface area (TPSA) is 55.6 Å². The van der Waals surface area contributed by atoms with Crippen molar-refractivity contribution in [3.05, 3.63) is 0 Å². The number of rotatable bonds is 2. The first kappa shape index (κ1) is 8.00. The van der Waals surface area contributed by atoms with Gasteiger partial charge in [0.15, 0.2) is 0 Å². The minimum Gasteiger partial charge on any atom is -0.316 e. The first-order chi connectivity index (χ1) is 5.86. The molecule has 6 heteroatoms. The zero-order valence-corrected chi connectivity index (χ0v) is 7.71. The normalized spacial score (nSPS) is 23.2. The van der Waals surface area contributed by atoms with Crippen LogP contribution in [0.25, 0.3) is 0 Å². The maximum absolute atomic E-state index is 3.92. The maximum atomic E-state index is 3.92. The monoisotopic (exact) mass is 185 g/mol. The third kappa shape index (κ3) is 1.59. The molecule has 1 saturated heterocycles. The molecule has 0 unspecified atom stereocenters. The molecule has 0 amide bonds. The van der Waals surface area contributed by atoms with Crippen LogP contribution in [0.15, 0.2) is 5.16 Å². The molecule has 5 nitrogen and oxygen atoms in total. The van der Waals surface area contributed by atoms with Crippen LogP contribution in [0.3, 0.4) is 0 Å². The number of tetrazole rings is 1. The van der Waals surface area contributed by atoms with Crippen molar-refractivity contribution in [3.63, 3.8) is 0 Å². The van der Waals surface area contributed by atoms with Gasteiger partial charge in [-0.3, -0.25) is 0 Å². The number of hydrogen-bond acceptors (Lipinski definition) is 5. The quantitative estimate of drug-likeness (QED) is 0.683. The van der Waals surface area contributed by atoms with Crippen molar-refractivity contribution in [2.45, 2.75) is 16.8 Å². The number of nitrogens with one attached hydrogen (secondary N) is 1. The minimum absolute atomic E-state index is 0.634. The van der Waals surface area contributed by atoms with E-state index in [1.807, 2.05) is 7.05 Å². The second-order valence-electron chi connectivity index (χ2n) is 2.82. The number of thioether (sulfide) groups is 1. The summed E-state index contributed by atoms with van der Waals surface area (Å²) in [6.45, 7) is 2.18. The zero-order valence-electron chi connectivity index (χ0n) is 6.90. The molecule has 12 heavy (non-hydrogen) atoms. The predicted octanol–water partition coefficient (Wildman–Crippen LogP) is -0.336. The highest BCUT2D eigenvalue weighted by Crippen LogP contribution is 2.23. The summed E-state index contributed by atoms with van der Waals surface area (Å²) < 4.78 is 1.71. The Kier molecular flexibility index (Phi) is 2.27. The highest BCUT2D eigenvalue weighted by molar-refractivity contribution is 7.99. The molecule has 0 bridgehead atoms. The molecule has 1 fully saturated rings. The van der Waals surface area contributed by atoms with E-state index >= 15 is 0 Å². The zero-order chi connectivity index (χ0) is 8.39.